The lowest BCUT2D eigenvalue weighted by Gasteiger charge is -2.39. The van der Waals surface area contributed by atoms with Crippen molar-refractivity contribution in [1.29, 1.82) is 0 Å². The Labute approximate surface area is 124 Å². The maximum atomic E-state index is 14.3. The van der Waals surface area contributed by atoms with Crippen LogP contribution in [-0.4, -0.2) is 36.2 Å². The summed E-state index contributed by atoms with van der Waals surface area (Å²) in [4.78, 5) is 2.20. The van der Waals surface area contributed by atoms with Gasteiger partial charge >= 0.3 is 0 Å². The molecule has 2 N–H and O–H groups in total. The van der Waals surface area contributed by atoms with Crippen LogP contribution in [0.3, 0.4) is 0 Å². The number of piperazine rings is 1. The second kappa shape index (κ2) is 6.28. The molecule has 1 aromatic rings. The van der Waals surface area contributed by atoms with Crippen molar-refractivity contribution in [1.82, 2.24) is 10.2 Å². The minimum absolute atomic E-state index is 0.156. The molecule has 2 aliphatic rings. The molecule has 2 fully saturated rings. The third kappa shape index (κ3) is 2.90. The van der Waals surface area contributed by atoms with Crippen LogP contribution in [0.2, 0.25) is 0 Å². The zero-order valence-corrected chi connectivity index (χ0v) is 12.1. The first kappa shape index (κ1) is 14.7. The quantitative estimate of drug-likeness (QED) is 0.900. The predicted octanol–water partition coefficient (Wildman–Crippen LogP) is 2.81. The summed E-state index contributed by atoms with van der Waals surface area (Å²) in [6, 6.07) is 1.91. The van der Waals surface area contributed by atoms with Gasteiger partial charge in [0, 0.05) is 32.2 Å². The van der Waals surface area contributed by atoms with Gasteiger partial charge in [-0.25, -0.2) is 8.78 Å². The highest BCUT2D eigenvalue weighted by atomic mass is 19.1. The lowest BCUT2D eigenvalue weighted by Crippen LogP contribution is -2.47. The van der Waals surface area contributed by atoms with Crippen LogP contribution < -0.4 is 5.32 Å². The van der Waals surface area contributed by atoms with Crippen LogP contribution in [0.25, 0.3) is 0 Å². The van der Waals surface area contributed by atoms with E-state index in [-0.39, 0.29) is 11.6 Å². The summed E-state index contributed by atoms with van der Waals surface area (Å²) in [6.45, 7) is 3.30. The van der Waals surface area contributed by atoms with Crippen LogP contribution >= 0.6 is 0 Å². The number of phenols is 1. The standard InChI is InChI=1S/C16H22F2N2O/c17-12-5-6-13(18)16(21)14(12)15(11-3-1-2-4-11)20-9-7-19-8-10-20/h5-6,11,15,19,21H,1-4,7-10H2/t15-/m0/s1. The third-order valence-electron chi connectivity index (χ3n) is 4.80. The summed E-state index contributed by atoms with van der Waals surface area (Å²) in [5, 5.41) is 13.4. The molecule has 3 rings (SSSR count). The van der Waals surface area contributed by atoms with Gasteiger partial charge in [-0.05, 0) is 30.9 Å². The predicted molar refractivity (Wildman–Crippen MR) is 77.2 cm³/mol. The molecule has 3 nitrogen and oxygen atoms in total. The van der Waals surface area contributed by atoms with Gasteiger partial charge in [-0.2, -0.15) is 0 Å². The molecule has 1 aliphatic carbocycles. The number of hydrogen-bond acceptors (Lipinski definition) is 3. The van der Waals surface area contributed by atoms with Crippen LogP contribution in [0.15, 0.2) is 12.1 Å². The molecular weight excluding hydrogens is 274 g/mol. The number of halogens is 2. The fourth-order valence-electron chi connectivity index (χ4n) is 3.79. The monoisotopic (exact) mass is 296 g/mol. The Morgan fingerprint density at radius 1 is 1.10 bits per heavy atom. The Morgan fingerprint density at radius 3 is 2.38 bits per heavy atom. The van der Waals surface area contributed by atoms with E-state index in [1.54, 1.807) is 0 Å². The highest BCUT2D eigenvalue weighted by Crippen LogP contribution is 2.44. The summed E-state index contributed by atoms with van der Waals surface area (Å²) in [5.74, 6) is -1.44. The molecular formula is C16H22F2N2O. The Kier molecular flexibility index (Phi) is 4.40. The molecule has 0 radical (unpaired) electrons. The smallest absolute Gasteiger partial charge is 0.165 e. The molecule has 1 saturated carbocycles. The fraction of sp³-hybridized carbons (Fsp3) is 0.625. The molecule has 0 spiro atoms. The number of hydrogen-bond donors (Lipinski definition) is 2. The summed E-state index contributed by atoms with van der Waals surface area (Å²) in [6.07, 6.45) is 4.30. The lowest BCUT2D eigenvalue weighted by molar-refractivity contribution is 0.119. The highest BCUT2D eigenvalue weighted by molar-refractivity contribution is 5.38. The van der Waals surface area contributed by atoms with Crippen molar-refractivity contribution in [3.05, 3.63) is 29.3 Å². The van der Waals surface area contributed by atoms with E-state index in [0.717, 1.165) is 64.0 Å². The van der Waals surface area contributed by atoms with Gasteiger partial charge in [0.2, 0.25) is 0 Å². The number of rotatable bonds is 3. The molecule has 1 saturated heterocycles. The maximum Gasteiger partial charge on any atom is 0.165 e. The van der Waals surface area contributed by atoms with Crippen LogP contribution in [0.1, 0.15) is 37.3 Å². The van der Waals surface area contributed by atoms with Crippen molar-refractivity contribution >= 4 is 0 Å². The first-order chi connectivity index (χ1) is 10.2. The number of benzene rings is 1. The van der Waals surface area contributed by atoms with E-state index in [2.05, 4.69) is 10.2 Å². The van der Waals surface area contributed by atoms with Crippen LogP contribution in [0.5, 0.6) is 5.75 Å². The fourth-order valence-corrected chi connectivity index (χ4v) is 3.79. The van der Waals surface area contributed by atoms with E-state index < -0.39 is 17.4 Å². The molecule has 0 bridgehead atoms. The largest absolute Gasteiger partial charge is 0.505 e. The summed E-state index contributed by atoms with van der Waals surface area (Å²) < 4.78 is 28.0. The van der Waals surface area contributed by atoms with Gasteiger partial charge in [-0.15, -0.1) is 0 Å². The third-order valence-corrected chi connectivity index (χ3v) is 4.80. The van der Waals surface area contributed by atoms with E-state index in [1.165, 1.54) is 0 Å². The Balaban J connectivity index is 1.99. The van der Waals surface area contributed by atoms with Crippen LogP contribution in [0.4, 0.5) is 8.78 Å². The second-order valence-corrected chi connectivity index (χ2v) is 6.07. The van der Waals surface area contributed by atoms with Gasteiger partial charge in [-0.1, -0.05) is 12.8 Å². The van der Waals surface area contributed by atoms with Gasteiger partial charge in [0.05, 0.1) is 5.56 Å². The van der Waals surface area contributed by atoms with Gasteiger partial charge in [-0.3, -0.25) is 4.90 Å². The van der Waals surface area contributed by atoms with Crippen molar-refractivity contribution in [2.45, 2.75) is 31.7 Å². The summed E-state index contributed by atoms with van der Waals surface area (Å²) >= 11 is 0. The van der Waals surface area contributed by atoms with Crippen molar-refractivity contribution in [3.8, 4) is 5.75 Å². The Morgan fingerprint density at radius 2 is 1.71 bits per heavy atom. The lowest BCUT2D eigenvalue weighted by atomic mass is 9.88. The molecule has 1 heterocycles. The molecule has 1 atom stereocenters. The molecule has 1 aliphatic heterocycles. The van der Waals surface area contributed by atoms with E-state index in [1.807, 2.05) is 0 Å². The van der Waals surface area contributed by atoms with Gasteiger partial charge in [0.1, 0.15) is 5.82 Å². The zero-order valence-electron chi connectivity index (χ0n) is 12.1. The van der Waals surface area contributed by atoms with E-state index in [4.69, 9.17) is 0 Å². The average Bonchev–Trinajstić information content (AvgIpc) is 3.02. The van der Waals surface area contributed by atoms with Crippen molar-refractivity contribution < 1.29 is 13.9 Å². The molecule has 5 heteroatoms. The Hall–Kier alpha value is -1.20. The topological polar surface area (TPSA) is 35.5 Å². The summed E-state index contributed by atoms with van der Waals surface area (Å²) in [5.41, 5.74) is 0.156. The Bertz CT molecular complexity index is 497. The van der Waals surface area contributed by atoms with Crippen LogP contribution in [0, 0.1) is 17.6 Å². The van der Waals surface area contributed by atoms with Crippen molar-refractivity contribution in [3.63, 3.8) is 0 Å². The number of phenolic OH excluding ortho intramolecular Hbond substituents is 1. The highest BCUT2D eigenvalue weighted by Gasteiger charge is 2.36. The number of nitrogens with one attached hydrogen (secondary N) is 1. The second-order valence-electron chi connectivity index (χ2n) is 6.07. The zero-order chi connectivity index (χ0) is 14.8. The minimum Gasteiger partial charge on any atom is -0.505 e. The molecule has 1 aromatic carbocycles. The maximum absolute atomic E-state index is 14.3. The SMILES string of the molecule is Oc1c(F)ccc(F)c1[C@H](C1CCCC1)N1CCNCC1. The summed E-state index contributed by atoms with van der Waals surface area (Å²) in [7, 11) is 0. The number of aromatic hydroxyl groups is 1. The van der Waals surface area contributed by atoms with Gasteiger partial charge < -0.3 is 10.4 Å². The number of nitrogens with zero attached hydrogens (tertiary/aromatic N) is 1. The molecule has 0 amide bonds. The molecule has 0 unspecified atom stereocenters. The molecule has 21 heavy (non-hydrogen) atoms. The van der Waals surface area contributed by atoms with Crippen molar-refractivity contribution in [2.75, 3.05) is 26.2 Å². The first-order valence-corrected chi connectivity index (χ1v) is 7.80. The first-order valence-electron chi connectivity index (χ1n) is 7.80. The molecule has 116 valence electrons. The van der Waals surface area contributed by atoms with Gasteiger partial charge in [0.15, 0.2) is 11.6 Å². The van der Waals surface area contributed by atoms with E-state index in [9.17, 15) is 13.9 Å². The van der Waals surface area contributed by atoms with Gasteiger partial charge in [0.25, 0.3) is 0 Å². The van der Waals surface area contributed by atoms with E-state index >= 15 is 0 Å². The average molecular weight is 296 g/mol. The molecule has 0 aromatic heterocycles. The van der Waals surface area contributed by atoms with Crippen molar-refractivity contribution in [2.24, 2.45) is 5.92 Å². The van der Waals surface area contributed by atoms with E-state index in [0.29, 0.717) is 5.92 Å². The van der Waals surface area contributed by atoms with Crippen LogP contribution in [-0.2, 0) is 0 Å². The minimum atomic E-state index is -0.732. The normalized spacial score (nSPS) is 22.6.